The molecule has 180 valence electrons. The average molecular weight is 455 g/mol. The van der Waals surface area contributed by atoms with E-state index in [0.29, 0.717) is 6.54 Å². The van der Waals surface area contributed by atoms with Crippen molar-refractivity contribution in [3.05, 3.63) is 29.5 Å². The molecule has 0 bridgehead atoms. The van der Waals surface area contributed by atoms with Crippen LogP contribution in [0.4, 0.5) is 4.79 Å². The van der Waals surface area contributed by atoms with Gasteiger partial charge in [-0.05, 0) is 63.5 Å². The highest BCUT2D eigenvalue weighted by Crippen LogP contribution is 2.50. The maximum Gasteiger partial charge on any atom is 0.318 e. The average Bonchev–Trinajstić information content (AvgIpc) is 3.14. The van der Waals surface area contributed by atoms with Gasteiger partial charge in [0.25, 0.3) is 0 Å². The minimum atomic E-state index is -0.350. The predicted molar refractivity (Wildman–Crippen MR) is 130 cm³/mol. The third-order valence-electron chi connectivity index (χ3n) is 8.46. The normalized spacial score (nSPS) is 23.6. The Kier molecular flexibility index (Phi) is 6.04. The minimum absolute atomic E-state index is 0.0206. The molecule has 2 aromatic rings. The molecule has 7 heteroatoms. The van der Waals surface area contributed by atoms with Gasteiger partial charge < -0.3 is 29.5 Å². The molecule has 1 aromatic carbocycles. The number of likely N-dealkylation sites (tertiary alicyclic amines) is 1. The van der Waals surface area contributed by atoms with E-state index in [2.05, 4.69) is 41.0 Å². The topological polar surface area (TPSA) is 70.0 Å². The molecule has 3 heterocycles. The summed E-state index contributed by atoms with van der Waals surface area (Å²) in [5, 5.41) is 15.1. The molecule has 2 aliphatic heterocycles. The van der Waals surface area contributed by atoms with Crippen LogP contribution < -0.4 is 10.1 Å². The molecule has 3 aliphatic rings. The second-order valence-corrected chi connectivity index (χ2v) is 10.4. The fourth-order valence-corrected chi connectivity index (χ4v) is 6.53. The van der Waals surface area contributed by atoms with Crippen molar-refractivity contribution in [1.82, 2.24) is 19.7 Å². The molecule has 1 saturated heterocycles. The maximum absolute atomic E-state index is 13.6. The number of rotatable bonds is 3. The molecule has 0 unspecified atom stereocenters. The summed E-state index contributed by atoms with van der Waals surface area (Å²) in [7, 11) is 5.93. The van der Waals surface area contributed by atoms with Gasteiger partial charge in [-0.15, -0.1) is 0 Å². The lowest BCUT2D eigenvalue weighted by atomic mass is 9.68. The van der Waals surface area contributed by atoms with Crippen molar-refractivity contribution in [2.45, 2.75) is 62.4 Å². The molecule has 33 heavy (non-hydrogen) atoms. The zero-order chi connectivity index (χ0) is 23.2. The van der Waals surface area contributed by atoms with Crippen LogP contribution in [0, 0.1) is 0 Å². The SMILES string of the molecule is COc1ccc2c3c(n(C)c2c1)[C@H](CO)N(C(=O)NC1CCCCC1)CC31CCN(C)CC1. The number of aromatic nitrogens is 1. The fraction of sp³-hybridized carbons (Fsp3) is 0.654. The van der Waals surface area contributed by atoms with Gasteiger partial charge in [0.2, 0.25) is 0 Å². The zero-order valence-electron chi connectivity index (χ0n) is 20.3. The summed E-state index contributed by atoms with van der Waals surface area (Å²) >= 11 is 0. The quantitative estimate of drug-likeness (QED) is 0.744. The van der Waals surface area contributed by atoms with Crippen LogP contribution in [0.1, 0.15) is 62.2 Å². The number of benzene rings is 1. The Balaban J connectivity index is 1.61. The van der Waals surface area contributed by atoms with Crippen LogP contribution in [0.5, 0.6) is 5.75 Å². The van der Waals surface area contributed by atoms with E-state index in [4.69, 9.17) is 4.74 Å². The number of urea groups is 1. The van der Waals surface area contributed by atoms with Gasteiger partial charge in [-0.2, -0.15) is 0 Å². The summed E-state index contributed by atoms with van der Waals surface area (Å²) < 4.78 is 7.70. The monoisotopic (exact) mass is 454 g/mol. The number of hydrogen-bond donors (Lipinski definition) is 2. The first-order valence-corrected chi connectivity index (χ1v) is 12.5. The standard InChI is InChI=1S/C26H38N4O3/c1-28-13-11-26(12-14-28)17-30(25(32)27-18-7-5-4-6-8-18)22(16-31)24-23(26)20-10-9-19(33-3)15-21(20)29(24)2/h9-10,15,18,22,31H,4-8,11-14,16-17H2,1-3H3,(H,27,32)/t22-/m0/s1. The Hall–Kier alpha value is -2.25. The molecule has 1 spiro atoms. The lowest BCUT2D eigenvalue weighted by Crippen LogP contribution is -2.58. The van der Waals surface area contributed by atoms with Crippen LogP contribution in [0.3, 0.4) is 0 Å². The van der Waals surface area contributed by atoms with Crippen molar-refractivity contribution < 1.29 is 14.6 Å². The number of piperidine rings is 1. The summed E-state index contributed by atoms with van der Waals surface area (Å²) in [4.78, 5) is 17.9. The van der Waals surface area contributed by atoms with E-state index >= 15 is 0 Å². The third kappa shape index (κ3) is 3.79. The van der Waals surface area contributed by atoms with Crippen LogP contribution >= 0.6 is 0 Å². The van der Waals surface area contributed by atoms with Crippen molar-refractivity contribution in [2.24, 2.45) is 7.05 Å². The first-order valence-electron chi connectivity index (χ1n) is 12.5. The summed E-state index contributed by atoms with van der Waals surface area (Å²) in [5.74, 6) is 0.824. The number of fused-ring (bicyclic) bond motifs is 4. The number of methoxy groups -OCH3 is 1. The van der Waals surface area contributed by atoms with Gasteiger partial charge in [0.05, 0.1) is 25.3 Å². The van der Waals surface area contributed by atoms with Crippen LogP contribution in [0.15, 0.2) is 18.2 Å². The number of ether oxygens (including phenoxy) is 1. The zero-order valence-corrected chi connectivity index (χ0v) is 20.3. The second-order valence-electron chi connectivity index (χ2n) is 10.4. The smallest absolute Gasteiger partial charge is 0.318 e. The van der Waals surface area contributed by atoms with E-state index in [9.17, 15) is 9.90 Å². The molecule has 1 saturated carbocycles. The van der Waals surface area contributed by atoms with Gasteiger partial charge in [-0.3, -0.25) is 0 Å². The number of aliphatic hydroxyl groups excluding tert-OH is 1. The number of aryl methyl sites for hydroxylation is 1. The Morgan fingerprint density at radius 3 is 2.58 bits per heavy atom. The van der Waals surface area contributed by atoms with Gasteiger partial charge in [0.1, 0.15) is 5.75 Å². The summed E-state index contributed by atoms with van der Waals surface area (Å²) in [6.07, 6.45) is 7.74. The van der Waals surface area contributed by atoms with Crippen molar-refractivity contribution in [1.29, 1.82) is 0 Å². The van der Waals surface area contributed by atoms with Gasteiger partial charge in [0.15, 0.2) is 0 Å². The molecule has 1 aliphatic carbocycles. The Labute approximate surface area is 196 Å². The highest BCUT2D eigenvalue weighted by molar-refractivity contribution is 5.89. The van der Waals surface area contributed by atoms with Gasteiger partial charge in [-0.1, -0.05) is 19.3 Å². The van der Waals surface area contributed by atoms with E-state index in [0.717, 1.165) is 55.7 Å². The van der Waals surface area contributed by atoms with Crippen LogP contribution in [0.2, 0.25) is 0 Å². The lowest BCUT2D eigenvalue weighted by Gasteiger charge is -2.50. The number of carbonyl (C=O) groups is 1. The van der Waals surface area contributed by atoms with Crippen LogP contribution in [-0.4, -0.2) is 71.9 Å². The summed E-state index contributed by atoms with van der Waals surface area (Å²) in [6.45, 7) is 2.59. The maximum atomic E-state index is 13.6. The van der Waals surface area contributed by atoms with Crippen molar-refractivity contribution in [3.63, 3.8) is 0 Å². The van der Waals surface area contributed by atoms with E-state index in [1.807, 2.05) is 11.0 Å². The third-order valence-corrected chi connectivity index (χ3v) is 8.46. The highest BCUT2D eigenvalue weighted by atomic mass is 16.5. The van der Waals surface area contributed by atoms with Crippen LogP contribution in [-0.2, 0) is 12.5 Å². The van der Waals surface area contributed by atoms with Crippen LogP contribution in [0.25, 0.3) is 10.9 Å². The number of aliphatic hydroxyl groups is 1. The highest BCUT2D eigenvalue weighted by Gasteiger charge is 2.49. The largest absolute Gasteiger partial charge is 0.497 e. The fourth-order valence-electron chi connectivity index (χ4n) is 6.53. The lowest BCUT2D eigenvalue weighted by molar-refractivity contribution is 0.0697. The number of nitrogens with one attached hydrogen (secondary N) is 1. The molecule has 0 radical (unpaired) electrons. The molecular weight excluding hydrogens is 416 g/mol. The van der Waals surface area contributed by atoms with Crippen molar-refractivity contribution >= 4 is 16.9 Å². The second kappa shape index (κ2) is 8.84. The predicted octanol–water partition coefficient (Wildman–Crippen LogP) is 3.54. The number of amides is 2. The summed E-state index contributed by atoms with van der Waals surface area (Å²) in [5.41, 5.74) is 3.41. The first kappa shape index (κ1) is 22.5. The van der Waals surface area contributed by atoms with E-state index in [-0.39, 0.29) is 30.1 Å². The van der Waals surface area contributed by atoms with Gasteiger partial charge in [-0.25, -0.2) is 4.79 Å². The van der Waals surface area contributed by atoms with E-state index < -0.39 is 0 Å². The Morgan fingerprint density at radius 2 is 1.91 bits per heavy atom. The summed E-state index contributed by atoms with van der Waals surface area (Å²) in [6, 6.07) is 6.15. The van der Waals surface area contributed by atoms with E-state index in [1.54, 1.807) is 7.11 Å². The molecule has 7 nitrogen and oxygen atoms in total. The molecule has 5 rings (SSSR count). The number of carbonyl (C=O) groups excluding carboxylic acids is 1. The van der Waals surface area contributed by atoms with E-state index in [1.165, 1.54) is 30.2 Å². The molecule has 2 fully saturated rings. The number of hydrogen-bond acceptors (Lipinski definition) is 4. The molecule has 1 atom stereocenters. The minimum Gasteiger partial charge on any atom is -0.497 e. The Bertz CT molecular complexity index is 1020. The van der Waals surface area contributed by atoms with Gasteiger partial charge in [0, 0.05) is 42.2 Å². The molecular formula is C26H38N4O3. The Morgan fingerprint density at radius 1 is 1.18 bits per heavy atom. The van der Waals surface area contributed by atoms with Crippen molar-refractivity contribution in [2.75, 3.05) is 40.4 Å². The number of nitrogens with zero attached hydrogens (tertiary/aromatic N) is 3. The van der Waals surface area contributed by atoms with Crippen molar-refractivity contribution in [3.8, 4) is 5.75 Å². The first-order chi connectivity index (χ1) is 16.0. The molecule has 2 N–H and O–H groups in total. The molecule has 2 amide bonds. The van der Waals surface area contributed by atoms with Gasteiger partial charge >= 0.3 is 6.03 Å². The molecule has 1 aromatic heterocycles.